The van der Waals surface area contributed by atoms with E-state index in [1.165, 1.54) is 0 Å². The Morgan fingerprint density at radius 2 is 2.05 bits per heavy atom. The zero-order valence-corrected chi connectivity index (χ0v) is 12.8. The molecule has 0 saturated heterocycles. The van der Waals surface area contributed by atoms with Crippen LogP contribution >= 0.6 is 15.9 Å². The quantitative estimate of drug-likeness (QED) is 0.907. The summed E-state index contributed by atoms with van der Waals surface area (Å²) >= 11 is 2.83. The molecule has 0 aliphatic heterocycles. The van der Waals surface area contributed by atoms with Crippen LogP contribution in [-0.4, -0.2) is 41.0 Å². The molecule has 0 radical (unpaired) electrons. The molecule has 8 heteroatoms. The standard InChI is InChI=1S/C12H16BrF3N4/c1-20(2)8-4-3-7(5-8)18-11-17-6-9(13)10(19-11)12(14,15)16/h6-8H,3-5H2,1-2H3,(H,17,18,19). The van der Waals surface area contributed by atoms with E-state index in [-0.39, 0.29) is 16.5 Å². The Bertz CT molecular complexity index is 478. The van der Waals surface area contributed by atoms with Gasteiger partial charge in [0.15, 0.2) is 5.69 Å². The van der Waals surface area contributed by atoms with Crippen molar-refractivity contribution in [2.75, 3.05) is 19.4 Å². The number of hydrogen-bond acceptors (Lipinski definition) is 4. The van der Waals surface area contributed by atoms with Crippen molar-refractivity contribution >= 4 is 21.9 Å². The van der Waals surface area contributed by atoms with Crippen LogP contribution in [0.4, 0.5) is 19.1 Å². The summed E-state index contributed by atoms with van der Waals surface area (Å²) in [7, 11) is 4.01. The molecule has 0 spiro atoms. The van der Waals surface area contributed by atoms with Gasteiger partial charge in [-0.1, -0.05) is 0 Å². The Labute approximate surface area is 123 Å². The molecule has 1 aromatic rings. The molecule has 1 heterocycles. The predicted molar refractivity (Wildman–Crippen MR) is 73.5 cm³/mol. The Morgan fingerprint density at radius 1 is 1.35 bits per heavy atom. The minimum absolute atomic E-state index is 0.0323. The molecule has 4 nitrogen and oxygen atoms in total. The first kappa shape index (κ1) is 15.5. The summed E-state index contributed by atoms with van der Waals surface area (Å²) in [6, 6.07) is 0.565. The first-order valence-corrected chi connectivity index (χ1v) is 7.09. The van der Waals surface area contributed by atoms with Crippen molar-refractivity contribution in [1.29, 1.82) is 0 Å². The predicted octanol–water partition coefficient (Wildman–Crippen LogP) is 3.15. The largest absolute Gasteiger partial charge is 0.434 e. The minimum Gasteiger partial charge on any atom is -0.351 e. The van der Waals surface area contributed by atoms with Crippen molar-refractivity contribution in [2.45, 2.75) is 37.5 Å². The highest BCUT2D eigenvalue weighted by Crippen LogP contribution is 2.33. The van der Waals surface area contributed by atoms with E-state index in [1.807, 2.05) is 14.1 Å². The number of hydrogen-bond donors (Lipinski definition) is 1. The molecule has 1 aromatic heterocycles. The van der Waals surface area contributed by atoms with E-state index in [2.05, 4.69) is 36.1 Å². The molecule has 1 aliphatic rings. The number of rotatable bonds is 3. The fraction of sp³-hybridized carbons (Fsp3) is 0.667. The normalized spacial score (nSPS) is 23.4. The Balaban J connectivity index is 2.08. The minimum atomic E-state index is -4.49. The van der Waals surface area contributed by atoms with Gasteiger partial charge in [-0.05, 0) is 49.3 Å². The van der Waals surface area contributed by atoms with Gasteiger partial charge in [0.05, 0.1) is 4.47 Å². The van der Waals surface area contributed by atoms with Crippen LogP contribution in [0.3, 0.4) is 0 Å². The van der Waals surface area contributed by atoms with E-state index in [4.69, 9.17) is 0 Å². The lowest BCUT2D eigenvalue weighted by atomic mass is 10.2. The van der Waals surface area contributed by atoms with Crippen LogP contribution in [0.5, 0.6) is 0 Å². The Kier molecular flexibility index (Phi) is 4.53. The highest BCUT2D eigenvalue weighted by molar-refractivity contribution is 9.10. The summed E-state index contributed by atoms with van der Waals surface area (Å²) < 4.78 is 38.1. The van der Waals surface area contributed by atoms with Crippen LogP contribution in [-0.2, 0) is 6.18 Å². The van der Waals surface area contributed by atoms with Crippen LogP contribution in [0.25, 0.3) is 0 Å². The summed E-state index contributed by atoms with van der Waals surface area (Å²) in [5, 5.41) is 3.00. The smallest absolute Gasteiger partial charge is 0.351 e. The van der Waals surface area contributed by atoms with E-state index in [9.17, 15) is 13.2 Å². The van der Waals surface area contributed by atoms with Crippen LogP contribution in [0.15, 0.2) is 10.7 Å². The number of aromatic nitrogens is 2. The second-order valence-electron chi connectivity index (χ2n) is 5.16. The van der Waals surface area contributed by atoms with Gasteiger partial charge in [0.1, 0.15) is 0 Å². The van der Waals surface area contributed by atoms with Crippen molar-refractivity contribution < 1.29 is 13.2 Å². The van der Waals surface area contributed by atoms with Crippen molar-refractivity contribution in [3.63, 3.8) is 0 Å². The summed E-state index contributed by atoms with van der Waals surface area (Å²) in [6.07, 6.45) is -0.540. The van der Waals surface area contributed by atoms with Gasteiger partial charge >= 0.3 is 6.18 Å². The maximum Gasteiger partial charge on any atom is 0.434 e. The number of anilines is 1. The molecule has 0 bridgehead atoms. The number of alkyl halides is 3. The highest BCUT2D eigenvalue weighted by Gasteiger charge is 2.36. The van der Waals surface area contributed by atoms with Gasteiger partial charge < -0.3 is 10.2 Å². The molecule has 2 atom stereocenters. The van der Waals surface area contributed by atoms with Gasteiger partial charge in [0.2, 0.25) is 5.95 Å². The van der Waals surface area contributed by atoms with Crippen molar-refractivity contribution in [2.24, 2.45) is 0 Å². The van der Waals surface area contributed by atoms with Gasteiger partial charge in [-0.2, -0.15) is 13.2 Å². The third-order valence-electron chi connectivity index (χ3n) is 3.48. The van der Waals surface area contributed by atoms with Gasteiger partial charge in [-0.3, -0.25) is 0 Å². The Morgan fingerprint density at radius 3 is 2.60 bits per heavy atom. The van der Waals surface area contributed by atoms with E-state index in [1.54, 1.807) is 0 Å². The molecule has 2 rings (SSSR count). The maximum atomic E-state index is 12.8. The van der Waals surface area contributed by atoms with Crippen molar-refractivity contribution in [3.8, 4) is 0 Å². The average molecular weight is 353 g/mol. The first-order valence-electron chi connectivity index (χ1n) is 6.30. The number of halogens is 4. The summed E-state index contributed by atoms with van der Waals surface area (Å²) in [5.41, 5.74) is -0.947. The summed E-state index contributed by atoms with van der Waals surface area (Å²) in [5.74, 6) is 0.0323. The molecule has 0 amide bonds. The zero-order chi connectivity index (χ0) is 14.9. The highest BCUT2D eigenvalue weighted by atomic mass is 79.9. The molecule has 1 saturated carbocycles. The third kappa shape index (κ3) is 3.60. The molecule has 0 aromatic carbocycles. The van der Waals surface area contributed by atoms with E-state index in [0.717, 1.165) is 25.5 Å². The number of nitrogens with zero attached hydrogens (tertiary/aromatic N) is 3. The SMILES string of the molecule is CN(C)C1CCC(Nc2ncc(Br)c(C(F)(F)F)n2)C1. The second-order valence-corrected chi connectivity index (χ2v) is 6.01. The van der Waals surface area contributed by atoms with E-state index >= 15 is 0 Å². The van der Waals surface area contributed by atoms with E-state index in [0.29, 0.717) is 6.04 Å². The van der Waals surface area contributed by atoms with Crippen LogP contribution in [0.2, 0.25) is 0 Å². The zero-order valence-electron chi connectivity index (χ0n) is 11.2. The fourth-order valence-electron chi connectivity index (χ4n) is 2.38. The fourth-order valence-corrected chi connectivity index (χ4v) is 2.79. The molecule has 1 fully saturated rings. The lowest BCUT2D eigenvalue weighted by Crippen LogP contribution is -2.27. The van der Waals surface area contributed by atoms with Crippen LogP contribution < -0.4 is 5.32 Å². The Hall–Kier alpha value is -0.890. The molecule has 112 valence electrons. The van der Waals surface area contributed by atoms with Crippen LogP contribution in [0, 0.1) is 0 Å². The second kappa shape index (κ2) is 5.85. The molecule has 1 N–H and O–H groups in total. The lowest BCUT2D eigenvalue weighted by Gasteiger charge is -2.19. The van der Waals surface area contributed by atoms with Gasteiger partial charge in [0, 0.05) is 18.3 Å². The lowest BCUT2D eigenvalue weighted by molar-refractivity contribution is -0.141. The summed E-state index contributed by atoms with van der Waals surface area (Å²) in [4.78, 5) is 9.60. The van der Waals surface area contributed by atoms with Gasteiger partial charge in [-0.15, -0.1) is 0 Å². The first-order chi connectivity index (χ1) is 9.27. The van der Waals surface area contributed by atoms with Crippen LogP contribution in [0.1, 0.15) is 25.0 Å². The monoisotopic (exact) mass is 352 g/mol. The third-order valence-corrected chi connectivity index (χ3v) is 4.06. The van der Waals surface area contributed by atoms with Gasteiger partial charge in [-0.25, -0.2) is 9.97 Å². The van der Waals surface area contributed by atoms with Crippen molar-refractivity contribution in [3.05, 3.63) is 16.4 Å². The molecule has 20 heavy (non-hydrogen) atoms. The molecular weight excluding hydrogens is 337 g/mol. The molecular formula is C12H16BrF3N4. The van der Waals surface area contributed by atoms with E-state index < -0.39 is 11.9 Å². The topological polar surface area (TPSA) is 41.0 Å². The average Bonchev–Trinajstić information content (AvgIpc) is 2.79. The van der Waals surface area contributed by atoms with Crippen molar-refractivity contribution in [1.82, 2.24) is 14.9 Å². The molecule has 1 aliphatic carbocycles. The molecule has 2 unspecified atom stereocenters. The van der Waals surface area contributed by atoms with Gasteiger partial charge in [0.25, 0.3) is 0 Å². The summed E-state index contributed by atoms with van der Waals surface area (Å²) in [6.45, 7) is 0. The maximum absolute atomic E-state index is 12.8. The number of nitrogens with one attached hydrogen (secondary N) is 1.